The molecule has 3 atom stereocenters. The fourth-order valence-electron chi connectivity index (χ4n) is 3.50. The molecular weight excluding hydrogens is 278 g/mol. The van der Waals surface area contributed by atoms with E-state index in [2.05, 4.69) is 18.8 Å². The maximum absolute atomic E-state index is 14.2. The van der Waals surface area contributed by atoms with Crippen molar-refractivity contribution in [3.8, 4) is 0 Å². The molecule has 108 valence electrons. The van der Waals surface area contributed by atoms with Crippen LogP contribution in [0.4, 0.5) is 8.78 Å². The lowest BCUT2D eigenvalue weighted by molar-refractivity contribution is 0.209. The standard InChI is InChI=1S/C15H18F2N2S/c1-8-3-6-12(9(2)7-8)19-14-11(18-15(19)20)5-4-10(16)13(14)17/h4-5,8-9,12H,3,6-7H2,1-2H3,(H,18,20). The highest BCUT2D eigenvalue weighted by Crippen LogP contribution is 2.39. The third kappa shape index (κ3) is 2.08. The lowest BCUT2D eigenvalue weighted by atomic mass is 9.79. The quantitative estimate of drug-likeness (QED) is 0.736. The number of nitrogens with zero attached hydrogens (tertiary/aromatic N) is 1. The predicted molar refractivity (Wildman–Crippen MR) is 78.3 cm³/mol. The van der Waals surface area contributed by atoms with Crippen molar-refractivity contribution in [2.45, 2.75) is 39.2 Å². The van der Waals surface area contributed by atoms with Gasteiger partial charge in [0.15, 0.2) is 16.4 Å². The van der Waals surface area contributed by atoms with Crippen LogP contribution < -0.4 is 0 Å². The Hall–Kier alpha value is -1.23. The molecule has 1 heterocycles. The molecule has 0 aliphatic heterocycles. The van der Waals surface area contributed by atoms with Crippen LogP contribution in [0, 0.1) is 28.2 Å². The molecule has 1 aromatic heterocycles. The molecule has 2 nitrogen and oxygen atoms in total. The number of hydrogen-bond acceptors (Lipinski definition) is 1. The number of hydrogen-bond donors (Lipinski definition) is 1. The first-order chi connectivity index (χ1) is 9.49. The summed E-state index contributed by atoms with van der Waals surface area (Å²) in [5, 5.41) is 0. The van der Waals surface area contributed by atoms with E-state index in [4.69, 9.17) is 12.2 Å². The number of H-pyrrole nitrogens is 1. The third-order valence-corrected chi connectivity index (χ3v) is 4.79. The maximum Gasteiger partial charge on any atom is 0.184 e. The van der Waals surface area contributed by atoms with E-state index in [1.54, 1.807) is 10.6 Å². The summed E-state index contributed by atoms with van der Waals surface area (Å²) >= 11 is 5.34. The van der Waals surface area contributed by atoms with Crippen LogP contribution in [-0.2, 0) is 0 Å². The van der Waals surface area contributed by atoms with E-state index in [9.17, 15) is 8.78 Å². The molecule has 2 aromatic rings. The Morgan fingerprint density at radius 1 is 1.25 bits per heavy atom. The Morgan fingerprint density at radius 2 is 2.00 bits per heavy atom. The van der Waals surface area contributed by atoms with E-state index < -0.39 is 11.6 Å². The summed E-state index contributed by atoms with van der Waals surface area (Å²) in [6, 6.07) is 2.83. The molecule has 1 aliphatic rings. The van der Waals surface area contributed by atoms with Gasteiger partial charge < -0.3 is 9.55 Å². The van der Waals surface area contributed by atoms with Gasteiger partial charge in [-0.2, -0.15) is 0 Å². The topological polar surface area (TPSA) is 20.7 Å². The summed E-state index contributed by atoms with van der Waals surface area (Å²) < 4.78 is 30.0. The zero-order valence-electron chi connectivity index (χ0n) is 11.6. The van der Waals surface area contributed by atoms with Gasteiger partial charge in [0.2, 0.25) is 0 Å². The van der Waals surface area contributed by atoms with Gasteiger partial charge in [0.25, 0.3) is 0 Å². The number of rotatable bonds is 1. The summed E-state index contributed by atoms with van der Waals surface area (Å²) in [5.74, 6) is -0.535. The van der Waals surface area contributed by atoms with Crippen molar-refractivity contribution in [1.82, 2.24) is 9.55 Å². The summed E-state index contributed by atoms with van der Waals surface area (Å²) in [5.41, 5.74) is 0.848. The summed E-state index contributed by atoms with van der Waals surface area (Å²) in [4.78, 5) is 3.00. The molecule has 0 amide bonds. The van der Waals surface area contributed by atoms with Crippen molar-refractivity contribution in [3.05, 3.63) is 28.5 Å². The van der Waals surface area contributed by atoms with E-state index in [0.29, 0.717) is 22.1 Å². The van der Waals surface area contributed by atoms with E-state index in [0.717, 1.165) is 25.3 Å². The fourth-order valence-corrected chi connectivity index (χ4v) is 3.84. The van der Waals surface area contributed by atoms with Crippen molar-refractivity contribution in [2.75, 3.05) is 0 Å². The molecule has 1 aliphatic carbocycles. The number of imidazole rings is 1. The number of benzene rings is 1. The number of nitrogens with one attached hydrogen (secondary N) is 1. The van der Waals surface area contributed by atoms with E-state index in [1.807, 2.05) is 0 Å². The van der Waals surface area contributed by atoms with Gasteiger partial charge in [0.05, 0.1) is 5.52 Å². The molecule has 0 saturated heterocycles. The monoisotopic (exact) mass is 296 g/mol. The molecule has 0 radical (unpaired) electrons. The highest BCUT2D eigenvalue weighted by Gasteiger charge is 2.29. The van der Waals surface area contributed by atoms with Crippen LogP contribution in [0.5, 0.6) is 0 Å². The van der Waals surface area contributed by atoms with Gasteiger partial charge in [-0.25, -0.2) is 8.78 Å². The second-order valence-electron chi connectivity index (χ2n) is 6.02. The van der Waals surface area contributed by atoms with Gasteiger partial charge in [-0.1, -0.05) is 13.8 Å². The minimum absolute atomic E-state index is 0.142. The van der Waals surface area contributed by atoms with Crippen LogP contribution in [0.25, 0.3) is 11.0 Å². The average molecular weight is 296 g/mol. The molecule has 1 saturated carbocycles. The maximum atomic E-state index is 14.2. The number of halogens is 2. The normalized spacial score (nSPS) is 27.1. The third-order valence-electron chi connectivity index (χ3n) is 4.49. The van der Waals surface area contributed by atoms with Gasteiger partial charge >= 0.3 is 0 Å². The second-order valence-corrected chi connectivity index (χ2v) is 6.41. The molecule has 1 N–H and O–H groups in total. The van der Waals surface area contributed by atoms with Crippen LogP contribution in [-0.4, -0.2) is 9.55 Å². The first kappa shape index (κ1) is 13.7. The van der Waals surface area contributed by atoms with Crippen LogP contribution >= 0.6 is 12.2 Å². The number of aromatic nitrogens is 2. The minimum atomic E-state index is -0.822. The van der Waals surface area contributed by atoms with Crippen LogP contribution in [0.1, 0.15) is 39.2 Å². The van der Waals surface area contributed by atoms with Crippen molar-refractivity contribution in [3.63, 3.8) is 0 Å². The molecule has 1 fully saturated rings. The highest BCUT2D eigenvalue weighted by molar-refractivity contribution is 7.71. The number of fused-ring (bicyclic) bond motifs is 1. The summed E-state index contributed by atoms with van der Waals surface area (Å²) in [6.45, 7) is 4.40. The van der Waals surface area contributed by atoms with Crippen molar-refractivity contribution in [1.29, 1.82) is 0 Å². The van der Waals surface area contributed by atoms with Crippen molar-refractivity contribution < 1.29 is 8.78 Å². The zero-order valence-corrected chi connectivity index (χ0v) is 12.4. The van der Waals surface area contributed by atoms with Gasteiger partial charge in [0.1, 0.15) is 5.52 Å². The van der Waals surface area contributed by atoms with E-state index in [1.165, 1.54) is 0 Å². The Bertz CT molecular complexity index is 704. The average Bonchev–Trinajstić information content (AvgIpc) is 2.72. The molecule has 0 bridgehead atoms. The lowest BCUT2D eigenvalue weighted by Gasteiger charge is -2.33. The smallest absolute Gasteiger partial charge is 0.184 e. The predicted octanol–water partition coefficient (Wildman–Crippen LogP) is 4.97. The van der Waals surface area contributed by atoms with Gasteiger partial charge in [0, 0.05) is 6.04 Å². The van der Waals surface area contributed by atoms with Crippen molar-refractivity contribution in [2.24, 2.45) is 11.8 Å². The Labute approximate surface area is 121 Å². The van der Waals surface area contributed by atoms with Crippen LogP contribution in [0.15, 0.2) is 12.1 Å². The Kier molecular flexibility index (Phi) is 3.40. The van der Waals surface area contributed by atoms with Crippen LogP contribution in [0.3, 0.4) is 0 Å². The molecule has 1 aromatic carbocycles. The largest absolute Gasteiger partial charge is 0.330 e. The van der Waals surface area contributed by atoms with E-state index in [-0.39, 0.29) is 11.6 Å². The van der Waals surface area contributed by atoms with Crippen molar-refractivity contribution >= 4 is 23.3 Å². The zero-order chi connectivity index (χ0) is 14.4. The number of aromatic amines is 1. The van der Waals surface area contributed by atoms with E-state index >= 15 is 0 Å². The molecular formula is C15H18F2N2S. The SMILES string of the molecule is CC1CCC(n2c(=S)[nH]c3ccc(F)c(F)c32)C(C)C1. The van der Waals surface area contributed by atoms with Gasteiger partial charge in [-0.3, -0.25) is 0 Å². The fraction of sp³-hybridized carbons (Fsp3) is 0.533. The molecule has 20 heavy (non-hydrogen) atoms. The first-order valence-electron chi connectivity index (χ1n) is 7.07. The Balaban J connectivity index is 2.18. The second kappa shape index (κ2) is 4.95. The lowest BCUT2D eigenvalue weighted by Crippen LogP contribution is -2.25. The molecule has 0 spiro atoms. The molecule has 5 heteroatoms. The first-order valence-corrected chi connectivity index (χ1v) is 7.48. The van der Waals surface area contributed by atoms with Gasteiger partial charge in [-0.05, 0) is 55.4 Å². The highest BCUT2D eigenvalue weighted by atomic mass is 32.1. The summed E-state index contributed by atoms with van der Waals surface area (Å²) in [6.07, 6.45) is 3.15. The summed E-state index contributed by atoms with van der Waals surface area (Å²) in [7, 11) is 0. The van der Waals surface area contributed by atoms with Crippen LogP contribution in [0.2, 0.25) is 0 Å². The molecule has 3 unspecified atom stereocenters. The van der Waals surface area contributed by atoms with Gasteiger partial charge in [-0.15, -0.1) is 0 Å². The molecule has 3 rings (SSSR count). The Morgan fingerprint density at radius 3 is 2.70 bits per heavy atom. The minimum Gasteiger partial charge on any atom is -0.330 e.